The SMILES string of the molecule is C#CCOc1cc(-n2nc(C(C)(C)C)oc2=O)c(Cl)cc1Cl.C[C@@H](Oc1ccc(Oc2ccc(C#N)cc2F)cc1)C(=O)O. The molecule has 0 aliphatic heterocycles. The van der Waals surface area contributed by atoms with Gasteiger partial charge in [-0.1, -0.05) is 49.9 Å². The molecular formula is C31H26Cl2FN3O7. The van der Waals surface area contributed by atoms with Crippen molar-refractivity contribution in [1.29, 1.82) is 5.26 Å². The van der Waals surface area contributed by atoms with Gasteiger partial charge in [0.1, 0.15) is 23.9 Å². The molecule has 13 heteroatoms. The molecule has 3 aromatic carbocycles. The van der Waals surface area contributed by atoms with E-state index < -0.39 is 29.1 Å². The van der Waals surface area contributed by atoms with Crippen LogP contribution in [0, 0.1) is 29.5 Å². The van der Waals surface area contributed by atoms with Crippen LogP contribution in [0.4, 0.5) is 4.39 Å². The molecule has 4 aromatic rings. The van der Waals surface area contributed by atoms with Crippen LogP contribution in [0.15, 0.2) is 63.8 Å². The van der Waals surface area contributed by atoms with Gasteiger partial charge < -0.3 is 23.7 Å². The summed E-state index contributed by atoms with van der Waals surface area (Å²) in [5.74, 6) is 1.31. The molecule has 0 unspecified atom stereocenters. The van der Waals surface area contributed by atoms with Gasteiger partial charge in [-0.3, -0.25) is 0 Å². The molecule has 1 N–H and O–H groups in total. The van der Waals surface area contributed by atoms with Crippen LogP contribution < -0.4 is 20.0 Å². The Labute approximate surface area is 262 Å². The van der Waals surface area contributed by atoms with Crippen molar-refractivity contribution in [3.05, 3.63) is 92.5 Å². The number of nitriles is 1. The third kappa shape index (κ3) is 8.77. The number of aromatic nitrogens is 2. The van der Waals surface area contributed by atoms with Crippen molar-refractivity contribution in [2.24, 2.45) is 0 Å². The molecule has 0 aliphatic carbocycles. The predicted octanol–water partition coefficient (Wildman–Crippen LogP) is 6.78. The fourth-order valence-corrected chi connectivity index (χ4v) is 3.78. The first kappa shape index (κ1) is 33.5. The molecule has 0 fully saturated rings. The smallest absolute Gasteiger partial charge is 0.442 e. The second kappa shape index (κ2) is 14.5. The number of hydrogen-bond donors (Lipinski definition) is 1. The molecule has 10 nitrogen and oxygen atoms in total. The van der Waals surface area contributed by atoms with Crippen LogP contribution in [-0.4, -0.2) is 33.6 Å². The second-order valence-electron chi connectivity index (χ2n) is 9.99. The van der Waals surface area contributed by atoms with E-state index in [0.717, 1.165) is 10.7 Å². The van der Waals surface area contributed by atoms with E-state index in [1.54, 1.807) is 0 Å². The molecule has 0 radical (unpaired) electrons. The highest BCUT2D eigenvalue weighted by molar-refractivity contribution is 6.36. The first-order chi connectivity index (χ1) is 20.7. The number of terminal acetylenes is 1. The van der Waals surface area contributed by atoms with Gasteiger partial charge in [-0.2, -0.15) is 9.94 Å². The number of rotatable bonds is 8. The lowest BCUT2D eigenvalue weighted by molar-refractivity contribution is -0.144. The van der Waals surface area contributed by atoms with Crippen LogP contribution in [0.3, 0.4) is 0 Å². The van der Waals surface area contributed by atoms with E-state index in [1.807, 2.05) is 26.8 Å². The Morgan fingerprint density at radius 1 is 1.11 bits per heavy atom. The standard InChI is InChI=1S/C16H12FNO4.C15H14Cl2N2O3/c1-10(16(19)20)21-12-3-5-13(6-4-12)22-15-7-2-11(9-18)8-14(15)17;1-5-6-21-12-8-11(9(16)7-10(12)17)19-14(20)22-13(18-19)15(2,3)4/h2-8,10H,1H3,(H,19,20);1,7-8H,6H2,2-4H3/t10-;/m1./s1. The number of carbonyl (C=O) groups is 1. The third-order valence-corrected chi connectivity index (χ3v) is 6.10. The third-order valence-electron chi connectivity index (χ3n) is 5.50. The Balaban J connectivity index is 0.000000240. The summed E-state index contributed by atoms with van der Waals surface area (Å²) in [6, 6.07) is 14.8. The number of benzene rings is 3. The summed E-state index contributed by atoms with van der Waals surface area (Å²) < 4.78 is 35.8. The molecular weight excluding hydrogens is 616 g/mol. The van der Waals surface area contributed by atoms with Gasteiger partial charge in [0.2, 0.25) is 5.89 Å². The number of halogens is 3. The van der Waals surface area contributed by atoms with Gasteiger partial charge >= 0.3 is 11.7 Å². The van der Waals surface area contributed by atoms with Gasteiger partial charge in [-0.25, -0.2) is 14.0 Å². The molecule has 0 bridgehead atoms. The van der Waals surface area contributed by atoms with E-state index in [4.69, 9.17) is 58.6 Å². The molecule has 1 heterocycles. The Morgan fingerprint density at radius 3 is 2.32 bits per heavy atom. The summed E-state index contributed by atoms with van der Waals surface area (Å²) in [7, 11) is 0. The molecule has 44 heavy (non-hydrogen) atoms. The zero-order valence-corrected chi connectivity index (χ0v) is 25.4. The number of nitrogens with zero attached hydrogens (tertiary/aromatic N) is 3. The Hall–Kier alpha value is -4.97. The van der Waals surface area contributed by atoms with Gasteiger partial charge in [-0.05, 0) is 55.5 Å². The molecule has 0 amide bonds. The van der Waals surface area contributed by atoms with E-state index in [1.165, 1.54) is 55.5 Å². The predicted molar refractivity (Wildman–Crippen MR) is 161 cm³/mol. The fourth-order valence-electron chi connectivity index (χ4n) is 3.26. The van der Waals surface area contributed by atoms with Crippen molar-refractivity contribution in [3.63, 3.8) is 0 Å². The number of aliphatic carboxylic acids is 1. The van der Waals surface area contributed by atoms with Crippen LogP contribution in [0.5, 0.6) is 23.0 Å². The normalized spacial score (nSPS) is 11.3. The van der Waals surface area contributed by atoms with Gasteiger partial charge in [0.05, 0.1) is 27.4 Å². The van der Waals surface area contributed by atoms with Gasteiger partial charge in [0.15, 0.2) is 17.7 Å². The Bertz CT molecular complexity index is 1780. The lowest BCUT2D eigenvalue weighted by Gasteiger charge is -2.11. The minimum absolute atomic E-state index is 0.00780. The highest BCUT2D eigenvalue weighted by Crippen LogP contribution is 2.33. The highest BCUT2D eigenvalue weighted by Gasteiger charge is 2.24. The molecule has 4 rings (SSSR count). The van der Waals surface area contributed by atoms with Crippen LogP contribution in [0.1, 0.15) is 39.1 Å². The van der Waals surface area contributed by atoms with Gasteiger partial charge in [0.25, 0.3) is 0 Å². The quantitative estimate of drug-likeness (QED) is 0.206. The van der Waals surface area contributed by atoms with Crippen molar-refractivity contribution in [3.8, 4) is 47.1 Å². The van der Waals surface area contributed by atoms with E-state index in [9.17, 15) is 14.0 Å². The molecule has 0 aliphatic rings. The topological polar surface area (TPSA) is 137 Å². The molecule has 0 saturated carbocycles. The number of carboxylic acid groups (broad SMARTS) is 1. The highest BCUT2D eigenvalue weighted by atomic mass is 35.5. The maximum Gasteiger partial charge on any atom is 0.442 e. The van der Waals surface area contributed by atoms with Crippen molar-refractivity contribution in [1.82, 2.24) is 9.78 Å². The molecule has 1 aromatic heterocycles. The maximum absolute atomic E-state index is 13.7. The number of ether oxygens (including phenoxy) is 3. The lowest BCUT2D eigenvalue weighted by Crippen LogP contribution is -2.22. The summed E-state index contributed by atoms with van der Waals surface area (Å²) in [5.41, 5.74) is 0.102. The van der Waals surface area contributed by atoms with E-state index in [0.29, 0.717) is 28.8 Å². The second-order valence-corrected chi connectivity index (χ2v) is 10.8. The zero-order chi connectivity index (χ0) is 32.6. The molecule has 0 spiro atoms. The van der Waals surface area contributed by atoms with Gasteiger partial charge in [0, 0.05) is 11.5 Å². The van der Waals surface area contributed by atoms with E-state index >= 15 is 0 Å². The van der Waals surface area contributed by atoms with Crippen molar-refractivity contribution in [2.75, 3.05) is 6.61 Å². The molecule has 1 atom stereocenters. The number of hydrogen-bond acceptors (Lipinski definition) is 8. The minimum Gasteiger partial charge on any atom is -0.479 e. The zero-order valence-electron chi connectivity index (χ0n) is 23.9. The van der Waals surface area contributed by atoms with Crippen molar-refractivity contribution in [2.45, 2.75) is 39.2 Å². The van der Waals surface area contributed by atoms with Gasteiger partial charge in [-0.15, -0.1) is 11.5 Å². The van der Waals surface area contributed by atoms with Crippen LogP contribution in [0.2, 0.25) is 10.0 Å². The summed E-state index contributed by atoms with van der Waals surface area (Å²) in [4.78, 5) is 22.7. The first-order valence-electron chi connectivity index (χ1n) is 12.8. The number of carboxylic acids is 1. The Morgan fingerprint density at radius 2 is 1.77 bits per heavy atom. The fraction of sp³-hybridized carbons (Fsp3) is 0.226. The van der Waals surface area contributed by atoms with Crippen LogP contribution >= 0.6 is 23.2 Å². The lowest BCUT2D eigenvalue weighted by atomic mass is 9.97. The van der Waals surface area contributed by atoms with Crippen molar-refractivity contribution >= 4 is 29.2 Å². The summed E-state index contributed by atoms with van der Waals surface area (Å²) in [6.07, 6.45) is 4.18. The van der Waals surface area contributed by atoms with E-state index in [2.05, 4.69) is 11.0 Å². The summed E-state index contributed by atoms with van der Waals surface area (Å²) >= 11 is 12.2. The maximum atomic E-state index is 13.7. The monoisotopic (exact) mass is 641 g/mol. The average molecular weight is 642 g/mol. The molecule has 228 valence electrons. The summed E-state index contributed by atoms with van der Waals surface area (Å²) in [6.45, 7) is 7.11. The van der Waals surface area contributed by atoms with Crippen molar-refractivity contribution < 1.29 is 32.9 Å². The first-order valence-corrected chi connectivity index (χ1v) is 13.5. The average Bonchev–Trinajstić information content (AvgIpc) is 3.37. The van der Waals surface area contributed by atoms with Crippen LogP contribution in [0.25, 0.3) is 5.69 Å². The molecule has 0 saturated heterocycles. The van der Waals surface area contributed by atoms with E-state index in [-0.39, 0.29) is 28.0 Å². The minimum atomic E-state index is -1.07. The Kier molecular flexibility index (Phi) is 11.0. The largest absolute Gasteiger partial charge is 0.479 e. The summed E-state index contributed by atoms with van der Waals surface area (Å²) in [5, 5.41) is 22.1. The van der Waals surface area contributed by atoms with Crippen LogP contribution in [-0.2, 0) is 10.2 Å².